The first-order chi connectivity index (χ1) is 43.3. The van der Waals surface area contributed by atoms with Gasteiger partial charge in [-0.25, -0.2) is 8.42 Å². The number of piperidine rings is 2. The molecule has 5 heterocycles. The number of sulfone groups is 1. The minimum atomic E-state index is -5.87. The number of hydrogen-bond acceptors (Lipinski definition) is 15. The number of halogens is 4. The third-order valence-corrected chi connectivity index (χ3v) is 22.0. The van der Waals surface area contributed by atoms with E-state index < -0.39 is 55.8 Å². The fourth-order valence-corrected chi connectivity index (χ4v) is 16.0. The molecular formula is C68H78ClF3N8O8S2. The van der Waals surface area contributed by atoms with Gasteiger partial charge in [-0.3, -0.25) is 44.0 Å². The van der Waals surface area contributed by atoms with Crippen molar-refractivity contribution in [2.24, 2.45) is 11.3 Å². The summed E-state index contributed by atoms with van der Waals surface area (Å²) in [6, 6.07) is 32.6. The van der Waals surface area contributed by atoms with Crippen LogP contribution < -0.4 is 20.4 Å². The molecule has 0 radical (unpaired) electrons. The van der Waals surface area contributed by atoms with Gasteiger partial charge in [-0.05, 0) is 178 Å². The Balaban J connectivity index is 0.698. The van der Waals surface area contributed by atoms with Crippen LogP contribution in [0, 0.1) is 18.3 Å². The van der Waals surface area contributed by atoms with Crippen LogP contribution in [0.5, 0.6) is 0 Å². The van der Waals surface area contributed by atoms with Crippen molar-refractivity contribution in [3.8, 4) is 0 Å². The maximum absolute atomic E-state index is 14.4. The Morgan fingerprint density at radius 2 is 1.50 bits per heavy atom. The van der Waals surface area contributed by atoms with E-state index >= 15 is 0 Å². The maximum Gasteiger partial charge on any atom is 0.501 e. The molecule has 6 aliphatic rings. The summed E-state index contributed by atoms with van der Waals surface area (Å²) in [4.78, 5) is 76.8. The highest BCUT2D eigenvalue weighted by Crippen LogP contribution is 2.49. The molecule has 478 valence electrons. The molecule has 0 saturated carbocycles. The van der Waals surface area contributed by atoms with Crippen LogP contribution in [-0.4, -0.2) is 180 Å². The van der Waals surface area contributed by atoms with E-state index in [1.807, 2.05) is 73.7 Å². The molecule has 11 rings (SSSR count). The number of ketones is 1. The average molecular weight is 1290 g/mol. The molecule has 0 aromatic heterocycles. The van der Waals surface area contributed by atoms with Gasteiger partial charge in [0.25, 0.3) is 15.7 Å². The lowest BCUT2D eigenvalue weighted by molar-refractivity contribution is -0.139. The molecule has 4 amide bonds. The number of imide groups is 2. The second kappa shape index (κ2) is 28.5. The lowest BCUT2D eigenvalue weighted by atomic mass is 9.69. The number of anilines is 3. The highest BCUT2D eigenvalue weighted by atomic mass is 35.5. The van der Waals surface area contributed by atoms with E-state index in [0.717, 1.165) is 144 Å². The molecule has 1 aliphatic carbocycles. The van der Waals surface area contributed by atoms with Crippen LogP contribution in [0.4, 0.5) is 30.2 Å². The summed E-state index contributed by atoms with van der Waals surface area (Å²) < 4.78 is 75.4. The van der Waals surface area contributed by atoms with Gasteiger partial charge >= 0.3 is 5.51 Å². The van der Waals surface area contributed by atoms with Crippen LogP contribution in [-0.2, 0) is 29.0 Å². The number of likely N-dealkylation sites (tertiary alicyclic amines) is 1. The minimum absolute atomic E-state index is 0.0594. The zero-order chi connectivity index (χ0) is 63.2. The van der Waals surface area contributed by atoms with E-state index in [1.54, 1.807) is 18.2 Å². The number of nitrogens with zero attached hydrogens (tertiary/aromatic N) is 6. The molecular weight excluding hydrogens is 1210 g/mol. The smallest absolute Gasteiger partial charge is 0.380 e. The number of aryl methyl sites for hydroxylation is 1. The summed E-state index contributed by atoms with van der Waals surface area (Å²) in [6.07, 6.45) is 7.43. The Bertz CT molecular complexity index is 3560. The predicted molar refractivity (Wildman–Crippen MR) is 345 cm³/mol. The number of ether oxygens (including phenoxy) is 1. The SMILES string of the molecule is Cc1cc(N2CCC(CN3CCC4(CCC(c5ccc(Cl)cc5)=C(CN5CCN(c6ccc(C(=O)c7ccc(NC(CCN8CCOCC8)CSc8ccccc8)c(S(=O)(=O)C(F)(F)F)c7)cc6)CC5)C4)C3)CC2)ccc1C(=O)N(C=O)C1CCC(=O)NC1=O. The normalized spacial score (nSPS) is 21.4. The molecule has 3 unspecified atom stereocenters. The molecule has 3 atom stereocenters. The molecule has 5 aromatic carbocycles. The van der Waals surface area contributed by atoms with Gasteiger partial charge in [-0.1, -0.05) is 47.5 Å². The Morgan fingerprint density at radius 3 is 2.19 bits per heavy atom. The number of nitrogens with one attached hydrogen (secondary N) is 2. The topological polar surface area (TPSA) is 172 Å². The minimum Gasteiger partial charge on any atom is -0.380 e. The predicted octanol–water partition coefficient (Wildman–Crippen LogP) is 10.2. The Morgan fingerprint density at radius 1 is 0.800 bits per heavy atom. The van der Waals surface area contributed by atoms with Gasteiger partial charge in [0, 0.05) is 135 Å². The van der Waals surface area contributed by atoms with Gasteiger partial charge in [0.05, 0.1) is 23.8 Å². The summed E-state index contributed by atoms with van der Waals surface area (Å²) in [5.74, 6) is -1.20. The lowest BCUT2D eigenvalue weighted by Gasteiger charge is -2.41. The maximum atomic E-state index is 14.4. The first-order valence-corrected chi connectivity index (χ1v) is 34.1. The van der Waals surface area contributed by atoms with Crippen LogP contribution in [0.2, 0.25) is 5.02 Å². The van der Waals surface area contributed by atoms with Crippen molar-refractivity contribution < 1.29 is 50.3 Å². The fourth-order valence-electron chi connectivity index (χ4n) is 13.9. The number of alkyl halides is 3. The van der Waals surface area contributed by atoms with Crippen molar-refractivity contribution in [1.29, 1.82) is 0 Å². The molecule has 90 heavy (non-hydrogen) atoms. The monoisotopic (exact) mass is 1290 g/mol. The Kier molecular flexibility index (Phi) is 20.6. The average Bonchev–Trinajstić information content (AvgIpc) is 1.35. The number of benzene rings is 5. The van der Waals surface area contributed by atoms with Crippen LogP contribution in [0.3, 0.4) is 0 Å². The molecule has 22 heteroatoms. The van der Waals surface area contributed by atoms with Gasteiger partial charge in [-0.2, -0.15) is 13.2 Å². The van der Waals surface area contributed by atoms with Gasteiger partial charge in [0.2, 0.25) is 18.2 Å². The Labute approximate surface area is 534 Å². The number of carbonyl (C=O) groups is 5. The van der Waals surface area contributed by atoms with E-state index in [1.165, 1.54) is 40.6 Å². The van der Waals surface area contributed by atoms with E-state index in [2.05, 4.69) is 47.3 Å². The van der Waals surface area contributed by atoms with E-state index in [9.17, 15) is 45.6 Å². The zero-order valence-electron chi connectivity index (χ0n) is 50.7. The van der Waals surface area contributed by atoms with Crippen molar-refractivity contribution >= 4 is 85.8 Å². The van der Waals surface area contributed by atoms with Gasteiger partial charge < -0.3 is 24.8 Å². The second-order valence-electron chi connectivity index (χ2n) is 25.0. The number of piperazine rings is 1. The highest BCUT2D eigenvalue weighted by molar-refractivity contribution is 7.99. The van der Waals surface area contributed by atoms with E-state index in [0.29, 0.717) is 60.4 Å². The number of carbonyl (C=O) groups excluding carboxylic acids is 5. The molecule has 2 N–H and O–H groups in total. The molecule has 16 nitrogen and oxygen atoms in total. The number of hydrogen-bond donors (Lipinski definition) is 2. The van der Waals surface area contributed by atoms with Crippen molar-refractivity contribution in [1.82, 2.24) is 24.9 Å². The van der Waals surface area contributed by atoms with Gasteiger partial charge in [-0.15, -0.1) is 11.8 Å². The molecule has 5 aliphatic heterocycles. The highest BCUT2D eigenvalue weighted by Gasteiger charge is 2.49. The van der Waals surface area contributed by atoms with Crippen molar-refractivity contribution in [3.63, 3.8) is 0 Å². The summed E-state index contributed by atoms with van der Waals surface area (Å²) in [7, 11) is -5.87. The second-order valence-corrected chi connectivity index (χ2v) is 28.4. The van der Waals surface area contributed by atoms with Crippen molar-refractivity contribution in [2.75, 3.05) is 119 Å². The number of allylic oxidation sites excluding steroid dienone is 1. The molecule has 0 bridgehead atoms. The number of thioether (sulfide) groups is 1. The molecule has 5 fully saturated rings. The summed E-state index contributed by atoms with van der Waals surface area (Å²) in [6.45, 7) is 14.0. The Hall–Kier alpha value is -6.59. The summed E-state index contributed by atoms with van der Waals surface area (Å²) in [5.41, 5.74) is 1.53. The molecule has 1 spiro atoms. The van der Waals surface area contributed by atoms with Crippen LogP contribution >= 0.6 is 23.4 Å². The third kappa shape index (κ3) is 15.3. The first kappa shape index (κ1) is 64.9. The molecule has 5 aromatic rings. The lowest BCUT2D eigenvalue weighted by Crippen LogP contribution is -2.53. The fraction of sp³-hybridized carbons (Fsp3) is 0.456. The van der Waals surface area contributed by atoms with Crippen LogP contribution in [0.1, 0.15) is 95.2 Å². The standard InChI is InChI=1S/C68H78ClF3N8O8S2/c1-47-39-56(16-17-58(47)66(85)80(46-81)61-19-20-63(82)74-65(61)84)78-28-22-48(23-29-78)42-77-30-26-67(45-77)25-21-59(49-7-12-53(69)13-8-49)52(41-67)43-76-31-33-79(34-32-76)55-14-9-50(10-15-55)64(83)51-11-18-60(62(40-51)90(86,87)68(70,71)72)73-54(24-27-75-35-37-88-38-36-75)44-89-57-5-3-2-4-6-57/h2-18,39-40,46,48,54,61,73H,19-38,41-45H2,1H3,(H,74,82,84). The van der Waals surface area contributed by atoms with Gasteiger partial charge in [0.1, 0.15) is 6.04 Å². The van der Waals surface area contributed by atoms with E-state index in [4.69, 9.17) is 16.3 Å². The van der Waals surface area contributed by atoms with E-state index in [-0.39, 0.29) is 35.1 Å². The summed E-state index contributed by atoms with van der Waals surface area (Å²) >= 11 is 7.93. The number of amides is 4. The van der Waals surface area contributed by atoms with Crippen molar-refractivity contribution in [2.45, 2.75) is 92.1 Å². The quantitative estimate of drug-likeness (QED) is 0.0307. The largest absolute Gasteiger partial charge is 0.501 e. The number of morpholine rings is 1. The first-order valence-electron chi connectivity index (χ1n) is 31.3. The van der Waals surface area contributed by atoms with Gasteiger partial charge in [0.15, 0.2) is 5.78 Å². The third-order valence-electron chi connectivity index (χ3n) is 19.0. The molecule has 5 saturated heterocycles. The summed E-state index contributed by atoms with van der Waals surface area (Å²) in [5, 5.41) is 6.09. The number of rotatable bonds is 21. The van der Waals surface area contributed by atoms with Crippen LogP contribution in [0.15, 0.2) is 131 Å². The van der Waals surface area contributed by atoms with Crippen LogP contribution in [0.25, 0.3) is 5.57 Å². The van der Waals surface area contributed by atoms with Crippen molar-refractivity contribution in [3.05, 3.63) is 154 Å². The zero-order valence-corrected chi connectivity index (χ0v) is 53.1.